The Morgan fingerprint density at radius 3 is 2.24 bits per heavy atom. The number of ether oxygens (including phenoxy) is 1. The molecule has 1 amide bonds. The average Bonchev–Trinajstić information content (AvgIpc) is 2.72. The molecule has 0 atom stereocenters. The van der Waals surface area contributed by atoms with Crippen LogP contribution in [0.5, 0.6) is 5.75 Å². The molecule has 0 bridgehead atoms. The first-order chi connectivity index (χ1) is 13.7. The highest BCUT2D eigenvalue weighted by Gasteiger charge is 2.29. The Morgan fingerprint density at radius 1 is 1.03 bits per heavy atom. The van der Waals surface area contributed by atoms with E-state index < -0.39 is 45.0 Å². The molecule has 156 valence electrons. The van der Waals surface area contributed by atoms with E-state index in [4.69, 9.17) is 4.74 Å². The van der Waals surface area contributed by atoms with Gasteiger partial charge in [0, 0.05) is 19.1 Å². The third-order valence-corrected chi connectivity index (χ3v) is 6.28. The number of sulfonamides is 1. The predicted molar refractivity (Wildman–Crippen MR) is 98.6 cm³/mol. The van der Waals surface area contributed by atoms with Crippen LogP contribution in [0.3, 0.4) is 0 Å². The standard InChI is InChI=1S/C19H19F3N2O4S/c1-28-13-2-4-14(5-3-13)29(26,27)23-12-8-10-24(11-9-12)19(25)15-6-7-16(20)18(22)17(15)21/h2-7,12,23H,8-11H2,1H3. The molecule has 6 nitrogen and oxygen atoms in total. The Balaban J connectivity index is 1.63. The minimum atomic E-state index is -3.75. The van der Waals surface area contributed by atoms with Gasteiger partial charge in [-0.2, -0.15) is 0 Å². The molecular formula is C19H19F3N2O4S. The van der Waals surface area contributed by atoms with Crippen LogP contribution in [0.1, 0.15) is 23.2 Å². The lowest BCUT2D eigenvalue weighted by Crippen LogP contribution is -2.46. The van der Waals surface area contributed by atoms with Crippen LogP contribution in [-0.4, -0.2) is 45.5 Å². The molecule has 2 aromatic rings. The van der Waals surface area contributed by atoms with Crippen molar-refractivity contribution in [3.8, 4) is 5.75 Å². The van der Waals surface area contributed by atoms with Gasteiger partial charge >= 0.3 is 0 Å². The molecule has 1 heterocycles. The van der Waals surface area contributed by atoms with Crippen LogP contribution in [0.15, 0.2) is 41.3 Å². The van der Waals surface area contributed by atoms with Crippen molar-refractivity contribution in [1.82, 2.24) is 9.62 Å². The minimum Gasteiger partial charge on any atom is -0.497 e. The quantitative estimate of drug-likeness (QED) is 0.743. The number of halogens is 3. The van der Waals surface area contributed by atoms with Crippen molar-refractivity contribution in [2.45, 2.75) is 23.8 Å². The van der Waals surface area contributed by atoms with E-state index in [1.165, 1.54) is 36.3 Å². The fourth-order valence-corrected chi connectivity index (χ4v) is 4.41. The molecule has 29 heavy (non-hydrogen) atoms. The SMILES string of the molecule is COc1ccc(S(=O)(=O)NC2CCN(C(=O)c3ccc(F)c(F)c3F)CC2)cc1. The lowest BCUT2D eigenvalue weighted by atomic mass is 10.0. The second kappa shape index (κ2) is 8.42. The lowest BCUT2D eigenvalue weighted by molar-refractivity contribution is 0.0705. The Bertz CT molecular complexity index is 1000. The molecule has 0 aromatic heterocycles. The molecule has 1 aliphatic rings. The second-order valence-electron chi connectivity index (χ2n) is 6.59. The molecule has 2 aromatic carbocycles. The number of nitrogens with zero attached hydrogens (tertiary/aromatic N) is 1. The summed E-state index contributed by atoms with van der Waals surface area (Å²) in [6.07, 6.45) is 0.596. The van der Waals surface area contributed by atoms with E-state index in [1.54, 1.807) is 0 Å². The highest BCUT2D eigenvalue weighted by molar-refractivity contribution is 7.89. The van der Waals surface area contributed by atoms with Gasteiger partial charge in [0.05, 0.1) is 17.6 Å². The summed E-state index contributed by atoms with van der Waals surface area (Å²) in [5, 5.41) is 0. The van der Waals surface area contributed by atoms with Gasteiger partial charge in [0.1, 0.15) is 5.75 Å². The summed E-state index contributed by atoms with van der Waals surface area (Å²) in [4.78, 5) is 13.8. The van der Waals surface area contributed by atoms with E-state index in [1.807, 2.05) is 0 Å². The number of hydrogen-bond donors (Lipinski definition) is 1. The van der Waals surface area contributed by atoms with Crippen LogP contribution < -0.4 is 9.46 Å². The summed E-state index contributed by atoms with van der Waals surface area (Å²) in [5.41, 5.74) is -0.554. The number of benzene rings is 2. The molecule has 1 fully saturated rings. The summed E-state index contributed by atoms with van der Waals surface area (Å²) in [6.45, 7) is 0.292. The average molecular weight is 428 g/mol. The van der Waals surface area contributed by atoms with E-state index >= 15 is 0 Å². The van der Waals surface area contributed by atoms with Crippen molar-refractivity contribution in [2.24, 2.45) is 0 Å². The van der Waals surface area contributed by atoms with Crippen LogP contribution in [0, 0.1) is 17.5 Å². The summed E-state index contributed by atoms with van der Waals surface area (Å²) in [6, 6.07) is 7.09. The van der Waals surface area contributed by atoms with E-state index in [9.17, 15) is 26.4 Å². The third kappa shape index (κ3) is 4.54. The van der Waals surface area contributed by atoms with Gasteiger partial charge in [-0.1, -0.05) is 0 Å². The Morgan fingerprint density at radius 2 is 1.66 bits per heavy atom. The molecule has 0 spiro atoms. The maximum atomic E-state index is 13.8. The number of methoxy groups -OCH3 is 1. The number of likely N-dealkylation sites (tertiary alicyclic amines) is 1. The van der Waals surface area contributed by atoms with E-state index in [0.717, 1.165) is 6.07 Å². The summed E-state index contributed by atoms with van der Waals surface area (Å²) < 4.78 is 72.8. The Labute approximate surface area is 166 Å². The van der Waals surface area contributed by atoms with Gasteiger partial charge in [0.25, 0.3) is 5.91 Å². The van der Waals surface area contributed by atoms with Gasteiger partial charge in [-0.25, -0.2) is 26.3 Å². The zero-order valence-corrected chi connectivity index (χ0v) is 16.3. The Kier molecular flexibility index (Phi) is 6.13. The van der Waals surface area contributed by atoms with Crippen LogP contribution in [0.25, 0.3) is 0 Å². The molecule has 1 N–H and O–H groups in total. The van der Waals surface area contributed by atoms with Crippen LogP contribution in [0.4, 0.5) is 13.2 Å². The van der Waals surface area contributed by atoms with Gasteiger partial charge in [-0.15, -0.1) is 0 Å². The molecule has 0 saturated carbocycles. The smallest absolute Gasteiger partial charge is 0.256 e. The molecule has 1 aliphatic heterocycles. The third-order valence-electron chi connectivity index (χ3n) is 4.74. The summed E-state index contributed by atoms with van der Waals surface area (Å²) in [5.74, 6) is -4.83. The lowest BCUT2D eigenvalue weighted by Gasteiger charge is -2.32. The number of amides is 1. The molecule has 10 heteroatoms. The predicted octanol–water partition coefficient (Wildman–Crippen LogP) is 2.70. The van der Waals surface area contributed by atoms with Gasteiger partial charge in [-0.05, 0) is 49.2 Å². The summed E-state index contributed by atoms with van der Waals surface area (Å²) >= 11 is 0. The maximum absolute atomic E-state index is 13.8. The van der Waals surface area contributed by atoms with E-state index in [0.29, 0.717) is 24.7 Å². The highest BCUT2D eigenvalue weighted by Crippen LogP contribution is 2.21. The van der Waals surface area contributed by atoms with E-state index in [-0.39, 0.29) is 18.0 Å². The maximum Gasteiger partial charge on any atom is 0.256 e. The normalized spacial score (nSPS) is 15.4. The number of hydrogen-bond acceptors (Lipinski definition) is 4. The number of piperidine rings is 1. The van der Waals surface area contributed by atoms with Crippen LogP contribution >= 0.6 is 0 Å². The first kappa shape index (κ1) is 21.1. The number of rotatable bonds is 5. The van der Waals surface area contributed by atoms with Gasteiger partial charge in [0.15, 0.2) is 17.5 Å². The van der Waals surface area contributed by atoms with Crippen molar-refractivity contribution in [3.63, 3.8) is 0 Å². The monoisotopic (exact) mass is 428 g/mol. The number of carbonyl (C=O) groups excluding carboxylic acids is 1. The van der Waals surface area contributed by atoms with Crippen molar-refractivity contribution in [3.05, 3.63) is 59.4 Å². The number of nitrogens with one attached hydrogen (secondary N) is 1. The fourth-order valence-electron chi connectivity index (χ4n) is 3.10. The first-order valence-corrected chi connectivity index (χ1v) is 10.3. The fraction of sp³-hybridized carbons (Fsp3) is 0.316. The van der Waals surface area contributed by atoms with Crippen LogP contribution in [0.2, 0.25) is 0 Å². The van der Waals surface area contributed by atoms with Crippen molar-refractivity contribution < 1.29 is 31.1 Å². The molecule has 3 rings (SSSR count). The largest absolute Gasteiger partial charge is 0.497 e. The molecule has 0 unspecified atom stereocenters. The zero-order valence-electron chi connectivity index (χ0n) is 15.5. The van der Waals surface area contributed by atoms with E-state index in [2.05, 4.69) is 4.72 Å². The molecule has 1 saturated heterocycles. The Hall–Kier alpha value is -2.59. The van der Waals surface area contributed by atoms with Crippen molar-refractivity contribution in [2.75, 3.05) is 20.2 Å². The van der Waals surface area contributed by atoms with Gasteiger partial charge in [0.2, 0.25) is 10.0 Å². The second-order valence-corrected chi connectivity index (χ2v) is 8.30. The van der Waals surface area contributed by atoms with Crippen molar-refractivity contribution >= 4 is 15.9 Å². The first-order valence-electron chi connectivity index (χ1n) is 8.82. The van der Waals surface area contributed by atoms with Gasteiger partial charge < -0.3 is 9.64 Å². The molecule has 0 radical (unpaired) electrons. The molecular weight excluding hydrogens is 409 g/mol. The van der Waals surface area contributed by atoms with Gasteiger partial charge in [-0.3, -0.25) is 4.79 Å². The molecule has 0 aliphatic carbocycles. The van der Waals surface area contributed by atoms with Crippen LogP contribution in [-0.2, 0) is 10.0 Å². The zero-order chi connectivity index (χ0) is 21.2. The number of carbonyl (C=O) groups is 1. The van der Waals surface area contributed by atoms with Crippen molar-refractivity contribution in [1.29, 1.82) is 0 Å². The topological polar surface area (TPSA) is 75.7 Å². The minimum absolute atomic E-state index is 0.0839. The highest BCUT2D eigenvalue weighted by atomic mass is 32.2. The summed E-state index contributed by atoms with van der Waals surface area (Å²) in [7, 11) is -2.28.